The number of nitrogens with zero attached hydrogens (tertiary/aromatic N) is 2. The van der Waals surface area contributed by atoms with Gasteiger partial charge in [0.25, 0.3) is 5.56 Å². The summed E-state index contributed by atoms with van der Waals surface area (Å²) in [5.74, 6) is -0.654. The number of thioether (sulfide) groups is 1. The largest absolute Gasteiger partial charge is 0.462 e. The molecule has 2 aromatic heterocycles. The summed E-state index contributed by atoms with van der Waals surface area (Å²) >= 11 is 2.44. The molecule has 152 valence electrons. The van der Waals surface area contributed by atoms with Crippen LogP contribution < -0.4 is 10.9 Å². The van der Waals surface area contributed by atoms with Gasteiger partial charge in [0.1, 0.15) is 0 Å². The number of ether oxygens (including phenoxy) is 1. The van der Waals surface area contributed by atoms with Crippen LogP contribution in [0, 0.1) is 0 Å². The van der Waals surface area contributed by atoms with Gasteiger partial charge < -0.3 is 15.0 Å². The quantitative estimate of drug-likeness (QED) is 0.335. The summed E-state index contributed by atoms with van der Waals surface area (Å²) in [5, 5.41) is 3.12. The first-order valence-corrected chi connectivity index (χ1v) is 10.7. The lowest BCUT2D eigenvalue weighted by Crippen LogP contribution is -2.23. The molecule has 0 radical (unpaired) electrons. The van der Waals surface area contributed by atoms with E-state index in [1.54, 1.807) is 32.0 Å². The molecule has 1 unspecified atom stereocenters. The minimum absolute atomic E-state index is 0.240. The van der Waals surface area contributed by atoms with E-state index >= 15 is 0 Å². The van der Waals surface area contributed by atoms with Crippen molar-refractivity contribution < 1.29 is 14.3 Å². The minimum Gasteiger partial charge on any atom is -0.462 e. The van der Waals surface area contributed by atoms with Crippen LogP contribution in [0.25, 0.3) is 10.2 Å². The monoisotopic (exact) mass is 432 g/mol. The maximum absolute atomic E-state index is 12.5. The SMILES string of the molecule is CCOC(=O)c1ccc2nc(NC(=O)C(C)Sc3nc(CC)cc(=O)[nH]3)sc2c1. The number of aromatic amines is 1. The molecule has 2 heterocycles. The molecule has 0 aliphatic heterocycles. The topological polar surface area (TPSA) is 114 Å². The number of aryl methyl sites for hydroxylation is 1. The average Bonchev–Trinajstić information content (AvgIpc) is 3.08. The number of H-pyrrole nitrogens is 1. The molecule has 0 bridgehead atoms. The standard InChI is InChI=1S/C19H20N4O4S2/c1-4-12-9-15(24)22-18(20-12)28-10(3)16(25)23-19-21-13-7-6-11(8-14(13)29-19)17(26)27-5-2/h6-10H,4-5H2,1-3H3,(H,20,22,24)(H,21,23,25). The molecule has 10 heteroatoms. The van der Waals surface area contributed by atoms with E-state index in [1.807, 2.05) is 6.92 Å². The van der Waals surface area contributed by atoms with E-state index in [9.17, 15) is 14.4 Å². The number of carbonyl (C=O) groups excluding carboxylic acids is 2. The number of aromatic nitrogens is 3. The summed E-state index contributed by atoms with van der Waals surface area (Å²) in [6.45, 7) is 5.69. The Kier molecular flexibility index (Phi) is 6.65. The van der Waals surface area contributed by atoms with Crippen LogP contribution in [0.1, 0.15) is 36.8 Å². The molecule has 1 aromatic carbocycles. The lowest BCUT2D eigenvalue weighted by Gasteiger charge is -2.10. The number of rotatable bonds is 7. The fourth-order valence-electron chi connectivity index (χ4n) is 2.47. The van der Waals surface area contributed by atoms with Gasteiger partial charge in [0.2, 0.25) is 5.91 Å². The Bertz CT molecular complexity index is 1110. The number of anilines is 1. The normalized spacial score (nSPS) is 12.0. The van der Waals surface area contributed by atoms with Crippen molar-refractivity contribution >= 4 is 50.3 Å². The smallest absolute Gasteiger partial charge is 0.338 e. The minimum atomic E-state index is -0.493. The van der Waals surface area contributed by atoms with Crippen LogP contribution in [0.5, 0.6) is 0 Å². The van der Waals surface area contributed by atoms with Crippen molar-refractivity contribution in [2.75, 3.05) is 11.9 Å². The first kappa shape index (κ1) is 21.0. The molecule has 0 aliphatic rings. The number of nitrogens with one attached hydrogen (secondary N) is 2. The summed E-state index contributed by atoms with van der Waals surface area (Å²) in [7, 11) is 0. The zero-order chi connectivity index (χ0) is 21.0. The summed E-state index contributed by atoms with van der Waals surface area (Å²) in [6.07, 6.45) is 0.636. The molecule has 0 spiro atoms. The van der Waals surface area contributed by atoms with Crippen LogP contribution in [0.4, 0.5) is 5.13 Å². The summed E-state index contributed by atoms with van der Waals surface area (Å²) in [4.78, 5) is 47.4. The summed E-state index contributed by atoms with van der Waals surface area (Å²) in [5.41, 5.74) is 1.55. The second-order valence-electron chi connectivity index (χ2n) is 6.07. The molecule has 0 saturated carbocycles. The van der Waals surface area contributed by atoms with E-state index in [0.29, 0.717) is 40.1 Å². The van der Waals surface area contributed by atoms with Crippen molar-refractivity contribution in [1.29, 1.82) is 0 Å². The Labute approximate surface area is 175 Å². The third kappa shape index (κ3) is 5.21. The molecular weight excluding hydrogens is 412 g/mol. The Morgan fingerprint density at radius 1 is 1.28 bits per heavy atom. The number of hydrogen-bond acceptors (Lipinski definition) is 8. The molecule has 1 amide bonds. The molecule has 0 fully saturated rings. The van der Waals surface area contributed by atoms with Gasteiger partial charge in [-0.15, -0.1) is 0 Å². The first-order valence-electron chi connectivity index (χ1n) is 9.05. The van der Waals surface area contributed by atoms with Gasteiger partial charge in [0.15, 0.2) is 10.3 Å². The molecular formula is C19H20N4O4S2. The summed E-state index contributed by atoms with van der Waals surface area (Å²) in [6, 6.07) is 6.51. The zero-order valence-electron chi connectivity index (χ0n) is 16.1. The Balaban J connectivity index is 1.71. The molecule has 2 N–H and O–H groups in total. The fourth-order valence-corrected chi connectivity index (χ4v) is 4.21. The summed E-state index contributed by atoms with van der Waals surface area (Å²) < 4.78 is 5.77. The lowest BCUT2D eigenvalue weighted by molar-refractivity contribution is -0.115. The van der Waals surface area contributed by atoms with Crippen LogP contribution in [0.15, 0.2) is 34.2 Å². The van der Waals surface area contributed by atoms with E-state index in [1.165, 1.54) is 29.2 Å². The molecule has 3 aromatic rings. The van der Waals surface area contributed by atoms with Gasteiger partial charge in [0, 0.05) is 11.8 Å². The number of carbonyl (C=O) groups is 2. The highest BCUT2D eigenvalue weighted by molar-refractivity contribution is 8.00. The van der Waals surface area contributed by atoms with Gasteiger partial charge in [-0.1, -0.05) is 30.0 Å². The van der Waals surface area contributed by atoms with Crippen molar-refractivity contribution in [3.8, 4) is 0 Å². The van der Waals surface area contributed by atoms with Crippen molar-refractivity contribution in [2.45, 2.75) is 37.6 Å². The fraction of sp³-hybridized carbons (Fsp3) is 0.316. The van der Waals surface area contributed by atoms with Gasteiger partial charge in [-0.2, -0.15) is 0 Å². The number of benzene rings is 1. The maximum Gasteiger partial charge on any atom is 0.338 e. The van der Waals surface area contributed by atoms with E-state index in [4.69, 9.17) is 4.74 Å². The van der Waals surface area contributed by atoms with E-state index < -0.39 is 11.2 Å². The van der Waals surface area contributed by atoms with Crippen LogP contribution >= 0.6 is 23.1 Å². The number of esters is 1. The highest BCUT2D eigenvalue weighted by Gasteiger charge is 2.18. The average molecular weight is 433 g/mol. The van der Waals surface area contributed by atoms with E-state index in [0.717, 1.165) is 4.70 Å². The maximum atomic E-state index is 12.5. The second kappa shape index (κ2) is 9.19. The highest BCUT2D eigenvalue weighted by Crippen LogP contribution is 2.28. The Morgan fingerprint density at radius 2 is 2.07 bits per heavy atom. The number of amides is 1. The van der Waals surface area contributed by atoms with Crippen molar-refractivity contribution in [1.82, 2.24) is 15.0 Å². The zero-order valence-corrected chi connectivity index (χ0v) is 17.8. The molecule has 8 nitrogen and oxygen atoms in total. The van der Waals surface area contributed by atoms with Gasteiger partial charge in [-0.25, -0.2) is 14.8 Å². The van der Waals surface area contributed by atoms with Crippen LogP contribution in [-0.4, -0.2) is 38.7 Å². The molecule has 0 saturated heterocycles. The van der Waals surface area contributed by atoms with Crippen LogP contribution in [-0.2, 0) is 16.0 Å². The van der Waals surface area contributed by atoms with Crippen molar-refractivity contribution in [3.05, 3.63) is 45.9 Å². The van der Waals surface area contributed by atoms with E-state index in [-0.39, 0.29) is 11.5 Å². The molecule has 0 aliphatic carbocycles. The van der Waals surface area contributed by atoms with Crippen LogP contribution in [0.3, 0.4) is 0 Å². The number of fused-ring (bicyclic) bond motifs is 1. The van der Waals surface area contributed by atoms with Crippen LogP contribution in [0.2, 0.25) is 0 Å². The van der Waals surface area contributed by atoms with Gasteiger partial charge in [-0.3, -0.25) is 9.59 Å². The second-order valence-corrected chi connectivity index (χ2v) is 8.43. The van der Waals surface area contributed by atoms with Crippen molar-refractivity contribution in [3.63, 3.8) is 0 Å². The third-order valence-corrected chi connectivity index (χ3v) is 5.84. The molecule has 3 rings (SSSR count). The van der Waals surface area contributed by atoms with Gasteiger partial charge >= 0.3 is 5.97 Å². The molecule has 1 atom stereocenters. The van der Waals surface area contributed by atoms with Crippen molar-refractivity contribution in [2.24, 2.45) is 0 Å². The first-order chi connectivity index (χ1) is 13.9. The predicted molar refractivity (Wildman–Crippen MR) is 114 cm³/mol. The molecule has 29 heavy (non-hydrogen) atoms. The Hall–Kier alpha value is -2.72. The highest BCUT2D eigenvalue weighted by atomic mass is 32.2. The number of thiazole rings is 1. The van der Waals surface area contributed by atoms with Gasteiger partial charge in [0.05, 0.1) is 27.6 Å². The lowest BCUT2D eigenvalue weighted by atomic mass is 10.2. The van der Waals surface area contributed by atoms with E-state index in [2.05, 4.69) is 20.3 Å². The number of hydrogen-bond donors (Lipinski definition) is 2. The Morgan fingerprint density at radius 3 is 2.79 bits per heavy atom. The van der Waals surface area contributed by atoms with Gasteiger partial charge in [-0.05, 0) is 38.5 Å². The third-order valence-electron chi connectivity index (χ3n) is 3.92. The predicted octanol–water partition coefficient (Wildman–Crippen LogP) is 3.24.